The van der Waals surface area contributed by atoms with Crippen LogP contribution in [0.15, 0.2) is 14.8 Å². The molecule has 144 valence electrons. The zero-order chi connectivity index (χ0) is 19.4. The third-order valence-corrected chi connectivity index (χ3v) is 6.85. The Morgan fingerprint density at radius 1 is 1.00 bits per heavy atom. The first-order valence-corrected chi connectivity index (χ1v) is 10.8. The fraction of sp³-hybridized carbons (Fsp3) is 0.400. The van der Waals surface area contributed by atoms with Gasteiger partial charge in [-0.05, 0) is 18.0 Å². The van der Waals surface area contributed by atoms with Gasteiger partial charge in [-0.25, -0.2) is 0 Å². The van der Waals surface area contributed by atoms with Crippen LogP contribution < -0.4 is 16.9 Å². The first-order valence-electron chi connectivity index (χ1n) is 8.33. The van der Waals surface area contributed by atoms with E-state index in [4.69, 9.17) is 5.73 Å². The SMILES string of the molecule is N#Cc1c(C2CCCCC2)[nH]/c(=[SH]/[SH]=c2\[nH]c(N)c(N=O)c(=O)[nH]2)[nH]c1=O. The van der Waals surface area contributed by atoms with E-state index in [9.17, 15) is 19.8 Å². The van der Waals surface area contributed by atoms with Crippen molar-refractivity contribution in [2.75, 3.05) is 5.73 Å². The van der Waals surface area contributed by atoms with E-state index in [0.29, 0.717) is 36.0 Å². The molecule has 0 amide bonds. The quantitative estimate of drug-likeness (QED) is 0.178. The number of hydrogen-bond donors (Lipinski definition) is 7. The fourth-order valence-corrected chi connectivity index (χ4v) is 5.16. The molecule has 6 N–H and O–H groups in total. The predicted molar refractivity (Wildman–Crippen MR) is 108 cm³/mol. The van der Waals surface area contributed by atoms with Crippen molar-refractivity contribution in [2.45, 2.75) is 38.0 Å². The van der Waals surface area contributed by atoms with Crippen LogP contribution in [0.25, 0.3) is 0 Å². The summed E-state index contributed by atoms with van der Waals surface area (Å²) in [6, 6.07) is 2.00. The molecule has 2 aromatic rings. The number of aromatic amines is 4. The number of thiol groups is 2. The zero-order valence-corrected chi connectivity index (χ0v) is 16.0. The Morgan fingerprint density at radius 2 is 1.63 bits per heavy atom. The summed E-state index contributed by atoms with van der Waals surface area (Å²) < 4.78 is 0.885. The molecule has 12 heteroatoms. The maximum Gasteiger partial charge on any atom is 0.283 e. The Hall–Kier alpha value is -2.65. The second kappa shape index (κ2) is 8.36. The number of hydrogen-bond acceptors (Lipinski definition) is 6. The maximum atomic E-state index is 12.3. The molecular formula is C15H19N7O3S2. The van der Waals surface area contributed by atoms with Crippen molar-refractivity contribution >= 4 is 32.3 Å². The van der Waals surface area contributed by atoms with Crippen LogP contribution in [0.2, 0.25) is 0 Å². The number of aromatic nitrogens is 4. The largest absolute Gasteiger partial charge is 0.383 e. The van der Waals surface area contributed by atoms with E-state index in [2.05, 4.69) is 25.1 Å². The van der Waals surface area contributed by atoms with Gasteiger partial charge in [0.05, 0.1) is 0 Å². The molecule has 0 aromatic carbocycles. The topological polar surface area (TPSA) is 177 Å². The standard InChI is InChI=1S/C15H19N7O3S2/c16-6-8-9(7-4-2-1-3-5-7)18-14(20-12(8)23)26-27-15-19-11(17)10(22-25)13(24)21-15/h7,18-19,26-27H,1-5,17H2,(H,20,23)(H,21,24). The molecule has 0 aliphatic heterocycles. The number of nitriles is 1. The van der Waals surface area contributed by atoms with Crippen molar-refractivity contribution in [3.05, 3.63) is 46.4 Å². The summed E-state index contributed by atoms with van der Waals surface area (Å²) in [6.07, 6.45) is 5.21. The molecule has 0 radical (unpaired) electrons. The number of anilines is 1. The molecule has 2 heterocycles. The van der Waals surface area contributed by atoms with Gasteiger partial charge in [-0.2, -0.15) is 5.26 Å². The van der Waals surface area contributed by atoms with Crippen LogP contribution in [-0.2, 0) is 0 Å². The molecule has 27 heavy (non-hydrogen) atoms. The minimum atomic E-state index is -0.681. The Kier molecular flexibility index (Phi) is 5.92. The van der Waals surface area contributed by atoms with Crippen molar-refractivity contribution in [2.24, 2.45) is 5.18 Å². The van der Waals surface area contributed by atoms with Crippen LogP contribution >= 0.6 is 20.8 Å². The fourth-order valence-electron chi connectivity index (χ4n) is 3.12. The predicted octanol–water partition coefficient (Wildman–Crippen LogP) is 2.23. The van der Waals surface area contributed by atoms with Gasteiger partial charge in [0.15, 0.2) is 0 Å². The minimum absolute atomic E-state index is 0.119. The van der Waals surface area contributed by atoms with Gasteiger partial charge in [0.1, 0.15) is 27.0 Å². The van der Waals surface area contributed by atoms with Gasteiger partial charge in [0, 0.05) is 11.6 Å². The van der Waals surface area contributed by atoms with Crippen LogP contribution in [0, 0.1) is 25.8 Å². The number of nitrogen functional groups attached to an aromatic ring is 1. The first kappa shape index (κ1) is 19.1. The van der Waals surface area contributed by atoms with E-state index in [-0.39, 0.29) is 17.3 Å². The Morgan fingerprint density at radius 3 is 2.22 bits per heavy atom. The second-order valence-electron chi connectivity index (χ2n) is 6.14. The highest BCUT2D eigenvalue weighted by molar-refractivity contribution is 8.69. The minimum Gasteiger partial charge on any atom is -0.383 e. The molecule has 0 unspecified atom stereocenters. The van der Waals surface area contributed by atoms with Gasteiger partial charge in [-0.3, -0.25) is 9.59 Å². The highest BCUT2D eigenvalue weighted by Crippen LogP contribution is 2.32. The van der Waals surface area contributed by atoms with E-state index in [1.807, 2.05) is 6.07 Å². The van der Waals surface area contributed by atoms with Gasteiger partial charge in [-0.15, -0.1) is 25.7 Å². The van der Waals surface area contributed by atoms with Gasteiger partial charge in [0.25, 0.3) is 11.1 Å². The third-order valence-electron chi connectivity index (χ3n) is 4.40. The maximum absolute atomic E-state index is 12.3. The van der Waals surface area contributed by atoms with E-state index in [1.165, 1.54) is 6.42 Å². The number of nitrogens with one attached hydrogen (secondary N) is 4. The summed E-state index contributed by atoms with van der Waals surface area (Å²) in [5, 5.41) is 11.9. The van der Waals surface area contributed by atoms with Gasteiger partial charge in [0.2, 0.25) is 5.69 Å². The van der Waals surface area contributed by atoms with Crippen LogP contribution in [-0.4, -0.2) is 19.9 Å². The van der Waals surface area contributed by atoms with Gasteiger partial charge >= 0.3 is 0 Å². The average Bonchev–Trinajstić information content (AvgIpc) is 2.66. The molecule has 3 rings (SSSR count). The summed E-state index contributed by atoms with van der Waals surface area (Å²) in [4.78, 5) is 45.7. The molecule has 0 bridgehead atoms. The van der Waals surface area contributed by atoms with Crippen molar-refractivity contribution in [1.29, 1.82) is 5.26 Å². The summed E-state index contributed by atoms with van der Waals surface area (Å²) >= 11 is 0. The normalized spacial score (nSPS) is 16.9. The monoisotopic (exact) mass is 409 g/mol. The molecule has 10 nitrogen and oxygen atoms in total. The molecule has 1 aliphatic rings. The number of nitroso groups, excluding NO2 is 1. The van der Waals surface area contributed by atoms with Crippen LogP contribution in [0.1, 0.15) is 49.3 Å². The Bertz CT molecular complexity index is 1160. The average molecular weight is 409 g/mol. The number of rotatable bonds is 3. The zero-order valence-electron chi connectivity index (χ0n) is 14.2. The lowest BCUT2D eigenvalue weighted by Gasteiger charge is -2.22. The van der Waals surface area contributed by atoms with E-state index < -0.39 is 16.8 Å². The highest BCUT2D eigenvalue weighted by atomic mass is 33.1. The Labute approximate surface area is 159 Å². The molecule has 1 saturated carbocycles. The van der Waals surface area contributed by atoms with E-state index in [0.717, 1.165) is 25.7 Å². The molecule has 1 fully saturated rings. The summed E-state index contributed by atoms with van der Waals surface area (Å²) in [7, 11) is 1.22. The summed E-state index contributed by atoms with van der Waals surface area (Å²) in [5.41, 5.74) is 4.91. The molecular weight excluding hydrogens is 390 g/mol. The number of H-pyrrole nitrogens is 4. The van der Waals surface area contributed by atoms with Crippen molar-refractivity contribution < 1.29 is 0 Å². The van der Waals surface area contributed by atoms with Crippen molar-refractivity contribution in [3.63, 3.8) is 0 Å². The summed E-state index contributed by atoms with van der Waals surface area (Å²) in [6.45, 7) is 0. The third kappa shape index (κ3) is 4.20. The van der Waals surface area contributed by atoms with Crippen LogP contribution in [0.4, 0.5) is 11.5 Å². The molecule has 0 spiro atoms. The molecule has 0 saturated heterocycles. The van der Waals surface area contributed by atoms with Crippen LogP contribution in [0.3, 0.4) is 0 Å². The lowest BCUT2D eigenvalue weighted by atomic mass is 9.85. The second-order valence-corrected chi connectivity index (χ2v) is 8.64. The van der Waals surface area contributed by atoms with Crippen molar-refractivity contribution in [1.82, 2.24) is 19.9 Å². The lowest BCUT2D eigenvalue weighted by Crippen LogP contribution is -2.19. The van der Waals surface area contributed by atoms with Gasteiger partial charge < -0.3 is 25.7 Å². The number of nitrogens with zero attached hydrogens (tertiary/aromatic N) is 2. The summed E-state index contributed by atoms with van der Waals surface area (Å²) in [5.74, 6) is 0.0490. The van der Waals surface area contributed by atoms with E-state index in [1.54, 1.807) is 0 Å². The molecule has 0 atom stereocenters. The van der Waals surface area contributed by atoms with Crippen molar-refractivity contribution in [3.8, 4) is 6.07 Å². The smallest absolute Gasteiger partial charge is 0.283 e. The molecule has 2 aromatic heterocycles. The number of nitrogens with two attached hydrogens (primary N) is 1. The molecule has 1 aliphatic carbocycles. The lowest BCUT2D eigenvalue weighted by molar-refractivity contribution is 0.435. The van der Waals surface area contributed by atoms with E-state index >= 15 is 0 Å². The highest BCUT2D eigenvalue weighted by Gasteiger charge is 2.21. The van der Waals surface area contributed by atoms with Gasteiger partial charge in [-0.1, -0.05) is 19.3 Å². The first-order chi connectivity index (χ1) is 13.0. The Balaban J connectivity index is 2.11. The van der Waals surface area contributed by atoms with Crippen LogP contribution in [0.5, 0.6) is 0 Å².